The highest BCUT2D eigenvalue weighted by Gasteiger charge is 2.50. The largest absolute Gasteiger partial charge is 0.456 e. The molecule has 1 aliphatic heterocycles. The minimum absolute atomic E-state index is 0.605. The molecule has 63 heavy (non-hydrogen) atoms. The molecule has 0 fully saturated rings. The van der Waals surface area contributed by atoms with E-state index in [1.54, 1.807) is 0 Å². The first kappa shape index (κ1) is 35.5. The minimum atomic E-state index is -0.605. The number of hydrogen-bond acceptors (Lipinski definition) is 2. The van der Waals surface area contributed by atoms with E-state index in [0.717, 1.165) is 61.9 Å². The van der Waals surface area contributed by atoms with Crippen molar-refractivity contribution in [2.45, 2.75) is 5.41 Å². The molecule has 0 aromatic heterocycles. The fraction of sp³-hybridized carbons (Fsp3) is 0.0164. The van der Waals surface area contributed by atoms with Crippen molar-refractivity contribution < 1.29 is 4.74 Å². The lowest BCUT2D eigenvalue weighted by atomic mass is 9.66. The van der Waals surface area contributed by atoms with Gasteiger partial charge in [-0.1, -0.05) is 194 Å². The summed E-state index contributed by atoms with van der Waals surface area (Å²) in [6.45, 7) is 0. The maximum absolute atomic E-state index is 6.65. The highest BCUT2D eigenvalue weighted by molar-refractivity contribution is 6.00. The Labute approximate surface area is 367 Å². The van der Waals surface area contributed by atoms with Crippen LogP contribution in [0.3, 0.4) is 0 Å². The van der Waals surface area contributed by atoms with Crippen molar-refractivity contribution in [2.75, 3.05) is 4.90 Å². The number of ether oxygens (including phenoxy) is 1. The van der Waals surface area contributed by atoms with Gasteiger partial charge in [0.2, 0.25) is 0 Å². The van der Waals surface area contributed by atoms with E-state index in [1.807, 2.05) is 6.07 Å². The molecule has 294 valence electrons. The van der Waals surface area contributed by atoms with Gasteiger partial charge in [0.25, 0.3) is 0 Å². The zero-order chi connectivity index (χ0) is 41.5. The van der Waals surface area contributed by atoms with E-state index in [-0.39, 0.29) is 0 Å². The van der Waals surface area contributed by atoms with Gasteiger partial charge in [-0.05, 0) is 115 Å². The molecule has 2 aliphatic carbocycles. The Morgan fingerprint density at radius 3 is 1.27 bits per heavy atom. The maximum Gasteiger partial charge on any atom is 0.135 e. The summed E-state index contributed by atoms with van der Waals surface area (Å²) in [7, 11) is 0. The average molecular weight is 802 g/mol. The Kier molecular flexibility index (Phi) is 7.85. The molecule has 0 bridgehead atoms. The number of para-hydroxylation sites is 3. The number of anilines is 3. The SMILES string of the molecule is c1ccc(-c2ccccc2N(c2ccc3c(c2)-c2ccccc2Oc2ccccc2-3)c2ccc3c(c2)C2(c4ccccc4-c4ccccc4-c4ccccc42)c2ccccc2-3)cc1. The molecule has 1 spiro atoms. The van der Waals surface area contributed by atoms with E-state index in [1.165, 1.54) is 55.6 Å². The summed E-state index contributed by atoms with van der Waals surface area (Å²) in [6, 6.07) is 86.8. The Balaban J connectivity index is 1.12. The van der Waals surface area contributed by atoms with Gasteiger partial charge in [0.15, 0.2) is 0 Å². The maximum atomic E-state index is 6.65. The van der Waals surface area contributed by atoms with Crippen molar-refractivity contribution in [1.82, 2.24) is 0 Å². The smallest absolute Gasteiger partial charge is 0.135 e. The molecular weight excluding hydrogens is 763 g/mol. The zero-order valence-corrected chi connectivity index (χ0v) is 34.4. The van der Waals surface area contributed by atoms with Gasteiger partial charge in [-0.2, -0.15) is 0 Å². The van der Waals surface area contributed by atoms with Crippen molar-refractivity contribution in [3.05, 3.63) is 259 Å². The number of fused-ring (bicyclic) bond motifs is 17. The van der Waals surface area contributed by atoms with Gasteiger partial charge < -0.3 is 9.64 Å². The van der Waals surface area contributed by atoms with Gasteiger partial charge >= 0.3 is 0 Å². The summed E-state index contributed by atoms with van der Waals surface area (Å²) in [6.07, 6.45) is 0. The van der Waals surface area contributed by atoms with Crippen molar-refractivity contribution in [3.63, 3.8) is 0 Å². The van der Waals surface area contributed by atoms with E-state index in [4.69, 9.17) is 4.74 Å². The molecule has 13 rings (SSSR count). The second kappa shape index (κ2) is 13.9. The molecule has 0 unspecified atom stereocenters. The van der Waals surface area contributed by atoms with Crippen LogP contribution >= 0.6 is 0 Å². The fourth-order valence-electron chi connectivity index (χ4n) is 10.9. The van der Waals surface area contributed by atoms with Gasteiger partial charge in [0.1, 0.15) is 11.5 Å². The lowest BCUT2D eigenvalue weighted by Crippen LogP contribution is -2.29. The normalized spacial score (nSPS) is 13.0. The third kappa shape index (κ3) is 5.19. The van der Waals surface area contributed by atoms with Crippen molar-refractivity contribution in [1.29, 1.82) is 0 Å². The van der Waals surface area contributed by atoms with Crippen LogP contribution in [0.1, 0.15) is 22.3 Å². The molecule has 0 amide bonds. The molecule has 0 saturated carbocycles. The van der Waals surface area contributed by atoms with Crippen LogP contribution in [-0.4, -0.2) is 0 Å². The first-order valence-corrected chi connectivity index (χ1v) is 21.8. The predicted molar refractivity (Wildman–Crippen MR) is 259 cm³/mol. The standard InChI is InChI=1S/C61H39NO/c1-2-18-40(19-3-1)43-20-9-15-31-58(43)62(41-34-36-46-51-26-10-16-32-59(51)63-60-33-17-11-27-52(60)53(46)38-41)42-35-37-50-49-25-8-14-30-56(49)61(57(50)39-42)54-28-12-6-23-47(54)44-21-4-5-22-45(44)48-24-7-13-29-55(48)61/h1-39H. The lowest BCUT2D eigenvalue weighted by molar-refractivity contribution is 0.488. The van der Waals surface area contributed by atoms with Gasteiger partial charge in [0, 0.05) is 28.1 Å². The van der Waals surface area contributed by atoms with Crippen molar-refractivity contribution >= 4 is 17.1 Å². The Bertz CT molecular complexity index is 3390. The molecule has 2 nitrogen and oxygen atoms in total. The van der Waals surface area contributed by atoms with Crippen LogP contribution in [0.4, 0.5) is 17.1 Å². The molecule has 1 heterocycles. The van der Waals surface area contributed by atoms with Crippen LogP contribution in [0.5, 0.6) is 11.5 Å². The van der Waals surface area contributed by atoms with E-state index in [9.17, 15) is 0 Å². The molecule has 0 atom stereocenters. The summed E-state index contributed by atoms with van der Waals surface area (Å²) in [4.78, 5) is 2.48. The zero-order valence-electron chi connectivity index (χ0n) is 34.4. The van der Waals surface area contributed by atoms with Gasteiger partial charge in [-0.3, -0.25) is 0 Å². The Hall–Kier alpha value is -8.20. The summed E-state index contributed by atoms with van der Waals surface area (Å²) < 4.78 is 6.65. The first-order valence-electron chi connectivity index (χ1n) is 21.8. The van der Waals surface area contributed by atoms with Crippen LogP contribution in [0.2, 0.25) is 0 Å². The molecule has 10 aromatic rings. The number of nitrogens with zero attached hydrogens (tertiary/aromatic N) is 1. The predicted octanol–water partition coefficient (Wildman–Crippen LogP) is 16.3. The minimum Gasteiger partial charge on any atom is -0.456 e. The van der Waals surface area contributed by atoms with E-state index < -0.39 is 5.41 Å². The number of hydrogen-bond donors (Lipinski definition) is 0. The summed E-state index contributed by atoms with van der Waals surface area (Å²) in [5, 5.41) is 0. The molecule has 10 aromatic carbocycles. The third-order valence-electron chi connectivity index (χ3n) is 13.5. The second-order valence-corrected chi connectivity index (χ2v) is 16.7. The van der Waals surface area contributed by atoms with Crippen molar-refractivity contribution in [2.24, 2.45) is 0 Å². The number of benzene rings is 10. The molecule has 0 radical (unpaired) electrons. The molecule has 2 heteroatoms. The summed E-state index contributed by atoms with van der Waals surface area (Å²) >= 11 is 0. The van der Waals surface area contributed by atoms with Crippen molar-refractivity contribution in [3.8, 4) is 78.3 Å². The molecule has 0 N–H and O–H groups in total. The van der Waals surface area contributed by atoms with Gasteiger partial charge in [0.05, 0.1) is 11.1 Å². The average Bonchev–Trinajstić information content (AvgIpc) is 3.49. The topological polar surface area (TPSA) is 12.5 Å². The van der Waals surface area contributed by atoms with Crippen LogP contribution in [0, 0.1) is 0 Å². The van der Waals surface area contributed by atoms with Gasteiger partial charge in [-0.25, -0.2) is 0 Å². The van der Waals surface area contributed by atoms with E-state index >= 15 is 0 Å². The Morgan fingerprint density at radius 2 is 0.667 bits per heavy atom. The van der Waals surface area contributed by atoms with Crippen LogP contribution in [0.25, 0.3) is 66.8 Å². The lowest BCUT2D eigenvalue weighted by Gasteiger charge is -2.36. The highest BCUT2D eigenvalue weighted by atomic mass is 16.5. The third-order valence-corrected chi connectivity index (χ3v) is 13.5. The summed E-state index contributed by atoms with van der Waals surface area (Å²) in [5.74, 6) is 1.71. The quantitative estimate of drug-likeness (QED) is 0.176. The van der Waals surface area contributed by atoms with E-state index in [0.29, 0.717) is 0 Å². The number of rotatable bonds is 4. The van der Waals surface area contributed by atoms with Crippen LogP contribution < -0.4 is 9.64 Å². The second-order valence-electron chi connectivity index (χ2n) is 16.7. The molecule has 0 saturated heterocycles. The summed E-state index contributed by atoms with van der Waals surface area (Å²) in [5.41, 5.74) is 22.1. The highest BCUT2D eigenvalue weighted by Crippen LogP contribution is 2.62. The fourth-order valence-corrected chi connectivity index (χ4v) is 10.9. The molecular formula is C61H39NO. The van der Waals surface area contributed by atoms with Gasteiger partial charge in [-0.15, -0.1) is 0 Å². The van der Waals surface area contributed by atoms with Crippen LogP contribution in [-0.2, 0) is 5.41 Å². The van der Waals surface area contributed by atoms with E-state index in [2.05, 4.69) is 235 Å². The molecule has 3 aliphatic rings. The first-order chi connectivity index (χ1) is 31.3. The Morgan fingerprint density at radius 1 is 0.270 bits per heavy atom. The van der Waals surface area contributed by atoms with Crippen LogP contribution in [0.15, 0.2) is 237 Å². The monoisotopic (exact) mass is 801 g/mol.